The standard InChI is InChI=1S/C17H18BrN3O3/c18-14-5-3-4-13(12-14)17(24)20-9-8-19-15(22)7-11-21-10-2-1-6-16(21)23/h1-6,10,12H,7-9,11H2,(H,19,22)(H,20,24). The lowest BCUT2D eigenvalue weighted by Crippen LogP contribution is -2.35. The van der Waals surface area contributed by atoms with Gasteiger partial charge in [0.15, 0.2) is 0 Å². The van der Waals surface area contributed by atoms with Crippen LogP contribution in [0.15, 0.2) is 57.9 Å². The van der Waals surface area contributed by atoms with Crippen LogP contribution in [-0.4, -0.2) is 29.5 Å². The third-order valence-corrected chi connectivity index (χ3v) is 3.79. The first-order valence-electron chi connectivity index (χ1n) is 7.52. The van der Waals surface area contributed by atoms with E-state index in [0.717, 1.165) is 4.47 Å². The van der Waals surface area contributed by atoms with Gasteiger partial charge in [0.05, 0.1) is 0 Å². The Balaban J connectivity index is 1.67. The molecule has 1 heterocycles. The number of aryl methyl sites for hydroxylation is 1. The Kier molecular flexibility index (Phi) is 6.74. The van der Waals surface area contributed by atoms with Crippen molar-refractivity contribution >= 4 is 27.7 Å². The summed E-state index contributed by atoms with van der Waals surface area (Å²) in [6.07, 6.45) is 1.86. The number of rotatable bonds is 7. The summed E-state index contributed by atoms with van der Waals surface area (Å²) in [5.74, 6) is -0.358. The SMILES string of the molecule is O=C(CCn1ccccc1=O)NCCNC(=O)c1cccc(Br)c1. The Bertz CT molecular complexity index is 773. The Hall–Kier alpha value is -2.41. The van der Waals surface area contributed by atoms with Crippen molar-refractivity contribution in [2.75, 3.05) is 13.1 Å². The van der Waals surface area contributed by atoms with Crippen molar-refractivity contribution in [1.29, 1.82) is 0 Å². The number of aromatic nitrogens is 1. The highest BCUT2D eigenvalue weighted by molar-refractivity contribution is 9.10. The summed E-state index contributed by atoms with van der Waals surface area (Å²) < 4.78 is 2.31. The minimum atomic E-state index is -0.193. The Morgan fingerprint density at radius 3 is 2.58 bits per heavy atom. The van der Waals surface area contributed by atoms with E-state index in [0.29, 0.717) is 25.2 Å². The van der Waals surface area contributed by atoms with E-state index in [2.05, 4.69) is 26.6 Å². The minimum Gasteiger partial charge on any atom is -0.354 e. The predicted octanol–water partition coefficient (Wildman–Crippen LogP) is 1.55. The van der Waals surface area contributed by atoms with Gasteiger partial charge in [-0.3, -0.25) is 14.4 Å². The maximum atomic E-state index is 11.9. The molecule has 126 valence electrons. The van der Waals surface area contributed by atoms with Gasteiger partial charge in [0.2, 0.25) is 5.91 Å². The van der Waals surface area contributed by atoms with Crippen LogP contribution in [0.25, 0.3) is 0 Å². The molecule has 0 aliphatic carbocycles. The lowest BCUT2D eigenvalue weighted by molar-refractivity contribution is -0.121. The fourth-order valence-electron chi connectivity index (χ4n) is 2.07. The highest BCUT2D eigenvalue weighted by Crippen LogP contribution is 2.11. The fourth-order valence-corrected chi connectivity index (χ4v) is 2.46. The number of amides is 2. The number of hydrogen-bond acceptors (Lipinski definition) is 3. The lowest BCUT2D eigenvalue weighted by Gasteiger charge is -2.08. The minimum absolute atomic E-state index is 0.133. The van der Waals surface area contributed by atoms with E-state index in [1.165, 1.54) is 10.6 Å². The first kappa shape index (κ1) is 17.9. The molecule has 0 saturated heterocycles. The van der Waals surface area contributed by atoms with Gasteiger partial charge in [-0.05, 0) is 24.3 Å². The zero-order valence-electron chi connectivity index (χ0n) is 13.0. The van der Waals surface area contributed by atoms with Crippen LogP contribution in [0.5, 0.6) is 0 Å². The van der Waals surface area contributed by atoms with Gasteiger partial charge in [0.25, 0.3) is 11.5 Å². The van der Waals surface area contributed by atoms with Crippen LogP contribution in [0.1, 0.15) is 16.8 Å². The molecule has 2 N–H and O–H groups in total. The number of nitrogens with zero attached hydrogens (tertiary/aromatic N) is 1. The molecule has 1 aromatic carbocycles. The summed E-state index contributed by atoms with van der Waals surface area (Å²) in [7, 11) is 0. The van der Waals surface area contributed by atoms with Crippen LogP contribution < -0.4 is 16.2 Å². The Morgan fingerprint density at radius 1 is 1.04 bits per heavy atom. The average Bonchev–Trinajstić information content (AvgIpc) is 2.58. The molecule has 0 aliphatic rings. The molecule has 6 nitrogen and oxygen atoms in total. The summed E-state index contributed by atoms with van der Waals surface area (Å²) in [6.45, 7) is 1.00. The first-order chi connectivity index (χ1) is 11.6. The summed E-state index contributed by atoms with van der Waals surface area (Å²) in [5, 5.41) is 5.45. The van der Waals surface area contributed by atoms with E-state index >= 15 is 0 Å². The molecule has 0 unspecified atom stereocenters. The van der Waals surface area contributed by atoms with Crippen LogP contribution in [0, 0.1) is 0 Å². The maximum absolute atomic E-state index is 11.9. The highest BCUT2D eigenvalue weighted by atomic mass is 79.9. The molecule has 0 fully saturated rings. The lowest BCUT2D eigenvalue weighted by atomic mass is 10.2. The number of nitrogens with one attached hydrogen (secondary N) is 2. The number of carbonyl (C=O) groups excluding carboxylic acids is 2. The van der Waals surface area contributed by atoms with Crippen molar-refractivity contribution in [2.24, 2.45) is 0 Å². The van der Waals surface area contributed by atoms with Crippen LogP contribution in [-0.2, 0) is 11.3 Å². The third-order valence-electron chi connectivity index (χ3n) is 3.30. The molecule has 2 rings (SSSR count). The van der Waals surface area contributed by atoms with E-state index in [4.69, 9.17) is 0 Å². The van der Waals surface area contributed by atoms with E-state index in [1.54, 1.807) is 36.5 Å². The van der Waals surface area contributed by atoms with Gasteiger partial charge in [-0.2, -0.15) is 0 Å². The second kappa shape index (κ2) is 9.02. The zero-order chi connectivity index (χ0) is 17.4. The van der Waals surface area contributed by atoms with Gasteiger partial charge >= 0.3 is 0 Å². The molecule has 0 spiro atoms. The molecule has 2 aromatic rings. The monoisotopic (exact) mass is 391 g/mol. The molecule has 24 heavy (non-hydrogen) atoms. The number of carbonyl (C=O) groups is 2. The van der Waals surface area contributed by atoms with E-state index in [9.17, 15) is 14.4 Å². The normalized spacial score (nSPS) is 10.2. The highest BCUT2D eigenvalue weighted by Gasteiger charge is 2.06. The summed E-state index contributed by atoms with van der Waals surface area (Å²) in [5.41, 5.74) is 0.422. The van der Waals surface area contributed by atoms with Crippen molar-refractivity contribution in [2.45, 2.75) is 13.0 Å². The fraction of sp³-hybridized carbons (Fsp3) is 0.235. The Morgan fingerprint density at radius 2 is 1.83 bits per heavy atom. The van der Waals surface area contributed by atoms with Gasteiger partial charge in [0.1, 0.15) is 0 Å². The van der Waals surface area contributed by atoms with Crippen LogP contribution in [0.3, 0.4) is 0 Å². The summed E-state index contributed by atoms with van der Waals surface area (Å²) in [4.78, 5) is 35.2. The van der Waals surface area contributed by atoms with E-state index in [-0.39, 0.29) is 23.8 Å². The molecule has 0 saturated carbocycles. The summed E-state index contributed by atoms with van der Waals surface area (Å²) in [6, 6.07) is 11.9. The molecule has 0 atom stereocenters. The molecular weight excluding hydrogens is 374 g/mol. The largest absolute Gasteiger partial charge is 0.354 e. The smallest absolute Gasteiger partial charge is 0.251 e. The van der Waals surface area contributed by atoms with E-state index < -0.39 is 0 Å². The molecule has 0 radical (unpaired) electrons. The number of halogens is 1. The second-order valence-electron chi connectivity index (χ2n) is 5.10. The molecule has 0 bridgehead atoms. The number of pyridine rings is 1. The molecular formula is C17H18BrN3O3. The van der Waals surface area contributed by atoms with Gasteiger partial charge in [-0.25, -0.2) is 0 Å². The van der Waals surface area contributed by atoms with Crippen LogP contribution in [0.4, 0.5) is 0 Å². The van der Waals surface area contributed by atoms with Gasteiger partial charge in [-0.15, -0.1) is 0 Å². The number of hydrogen-bond donors (Lipinski definition) is 2. The number of benzene rings is 1. The average molecular weight is 392 g/mol. The van der Waals surface area contributed by atoms with Crippen molar-refractivity contribution in [3.8, 4) is 0 Å². The maximum Gasteiger partial charge on any atom is 0.251 e. The van der Waals surface area contributed by atoms with Crippen molar-refractivity contribution < 1.29 is 9.59 Å². The summed E-state index contributed by atoms with van der Waals surface area (Å²) >= 11 is 3.31. The van der Waals surface area contributed by atoms with E-state index in [1.807, 2.05) is 6.07 Å². The van der Waals surface area contributed by atoms with Gasteiger partial charge in [-0.1, -0.05) is 28.1 Å². The predicted molar refractivity (Wildman–Crippen MR) is 94.8 cm³/mol. The second-order valence-corrected chi connectivity index (χ2v) is 6.01. The zero-order valence-corrected chi connectivity index (χ0v) is 14.6. The van der Waals surface area contributed by atoms with Crippen molar-refractivity contribution in [3.63, 3.8) is 0 Å². The van der Waals surface area contributed by atoms with Gasteiger partial charge in [0, 0.05) is 48.4 Å². The topological polar surface area (TPSA) is 80.2 Å². The Labute approximate surface area is 148 Å². The first-order valence-corrected chi connectivity index (χ1v) is 8.31. The van der Waals surface area contributed by atoms with Crippen LogP contribution >= 0.6 is 15.9 Å². The third kappa shape index (κ3) is 5.66. The van der Waals surface area contributed by atoms with Gasteiger partial charge < -0.3 is 15.2 Å². The quantitative estimate of drug-likeness (QED) is 0.702. The van der Waals surface area contributed by atoms with Crippen molar-refractivity contribution in [1.82, 2.24) is 15.2 Å². The molecule has 1 aromatic heterocycles. The molecule has 0 aliphatic heterocycles. The van der Waals surface area contributed by atoms with Crippen molar-refractivity contribution in [3.05, 3.63) is 69.1 Å². The van der Waals surface area contributed by atoms with Crippen LogP contribution in [0.2, 0.25) is 0 Å². The molecule has 2 amide bonds. The molecule has 7 heteroatoms.